The summed E-state index contributed by atoms with van der Waals surface area (Å²) in [7, 11) is 0. The minimum Gasteiger partial charge on any atom is -0.382 e. The lowest BCUT2D eigenvalue weighted by molar-refractivity contribution is -0.140. The number of anilines is 1. The summed E-state index contributed by atoms with van der Waals surface area (Å²) in [6.45, 7) is -2.90. The van der Waals surface area contributed by atoms with Gasteiger partial charge < -0.3 is 15.5 Å². The number of amides is 2. The fourth-order valence-corrected chi connectivity index (χ4v) is 3.71. The van der Waals surface area contributed by atoms with Crippen molar-refractivity contribution in [2.75, 3.05) is 31.9 Å². The second-order valence-corrected chi connectivity index (χ2v) is 7.60. The van der Waals surface area contributed by atoms with Crippen molar-refractivity contribution in [1.82, 2.24) is 25.0 Å². The van der Waals surface area contributed by atoms with Gasteiger partial charge in [-0.25, -0.2) is 9.78 Å². The zero-order valence-electron chi connectivity index (χ0n) is 18.7. The Balaban J connectivity index is 1.64. The van der Waals surface area contributed by atoms with Gasteiger partial charge in [0, 0.05) is 46.0 Å². The first-order valence-electron chi connectivity index (χ1n) is 10.5. The predicted octanol–water partition coefficient (Wildman–Crippen LogP) is 3.71. The number of carbonyl (C=O) groups is 1. The van der Waals surface area contributed by atoms with Crippen molar-refractivity contribution in [1.29, 1.82) is 0 Å². The van der Waals surface area contributed by atoms with Crippen LogP contribution in [0, 0.1) is 5.95 Å². The fourth-order valence-electron chi connectivity index (χ4n) is 3.54. The highest BCUT2D eigenvalue weighted by molar-refractivity contribution is 6.31. The number of fused-ring (bicyclic) bond motifs is 1. The monoisotopic (exact) mass is 459 g/mol. The summed E-state index contributed by atoms with van der Waals surface area (Å²) in [5, 5.41) is 9.16. The van der Waals surface area contributed by atoms with Gasteiger partial charge >= 0.3 is 12.2 Å². The summed E-state index contributed by atoms with van der Waals surface area (Å²) in [6, 6.07) is 5.32. The van der Waals surface area contributed by atoms with Gasteiger partial charge in [-0.15, -0.1) is 5.10 Å². The van der Waals surface area contributed by atoms with Crippen LogP contribution in [0.4, 0.5) is 28.0 Å². The van der Waals surface area contributed by atoms with Crippen LogP contribution < -0.4 is 10.6 Å². The molecule has 164 valence electrons. The number of urea groups is 1. The van der Waals surface area contributed by atoms with Crippen LogP contribution in [-0.2, 0) is 11.7 Å². The molecule has 31 heavy (non-hydrogen) atoms. The van der Waals surface area contributed by atoms with Crippen LogP contribution in [0.2, 0.25) is 5.02 Å². The molecule has 3 heterocycles. The second kappa shape index (κ2) is 7.56. The van der Waals surface area contributed by atoms with Crippen LogP contribution in [0.25, 0.3) is 10.9 Å². The molecule has 12 heteroatoms. The second-order valence-electron chi connectivity index (χ2n) is 7.16. The Bertz CT molecular complexity index is 1240. The van der Waals surface area contributed by atoms with Crippen LogP contribution in [0.1, 0.15) is 9.81 Å². The Hall–Kier alpha value is -3.08. The molecule has 3 aromatic rings. The molecule has 7 nitrogen and oxygen atoms in total. The van der Waals surface area contributed by atoms with Crippen LogP contribution in [0.5, 0.6) is 0 Å². The van der Waals surface area contributed by atoms with E-state index in [0.29, 0.717) is 5.39 Å². The van der Waals surface area contributed by atoms with Crippen molar-refractivity contribution in [2.45, 2.75) is 11.7 Å². The third-order valence-corrected chi connectivity index (χ3v) is 5.31. The molecule has 0 spiro atoms. The molecule has 0 atom stereocenters. The van der Waals surface area contributed by atoms with E-state index in [1.54, 1.807) is 0 Å². The highest BCUT2D eigenvalue weighted by atomic mass is 35.5. The number of benzene rings is 1. The van der Waals surface area contributed by atoms with Gasteiger partial charge in [0.15, 0.2) is 0 Å². The number of nitrogens with one attached hydrogen (secondary N) is 2. The number of halogens is 5. The van der Waals surface area contributed by atoms with Crippen molar-refractivity contribution in [3.8, 4) is 0 Å². The molecule has 1 aliphatic heterocycles. The Kier molecular flexibility index (Phi) is 4.29. The Morgan fingerprint density at radius 1 is 1.32 bits per heavy atom. The number of aromatic nitrogens is 3. The Morgan fingerprint density at radius 2 is 2.10 bits per heavy atom. The SMILES string of the molecule is [2H]C([2H])([2H])NC(=O)N1CC(CNc2cc(C(F)(F)F)nc3ccc(Cl)cc23)(n2ccc(F)n2)C1. The molecular weight excluding hydrogens is 440 g/mol. The average molecular weight is 460 g/mol. The lowest BCUT2D eigenvalue weighted by Gasteiger charge is -2.49. The van der Waals surface area contributed by atoms with Crippen molar-refractivity contribution >= 4 is 34.2 Å². The maximum Gasteiger partial charge on any atom is 0.433 e. The van der Waals surface area contributed by atoms with E-state index in [4.69, 9.17) is 15.7 Å². The fraction of sp³-hybridized carbons (Fsp3) is 0.316. The summed E-state index contributed by atoms with van der Waals surface area (Å²) >= 11 is 6.02. The van der Waals surface area contributed by atoms with Crippen LogP contribution in [0.3, 0.4) is 0 Å². The molecule has 0 saturated carbocycles. The van der Waals surface area contributed by atoms with Gasteiger partial charge in [-0.2, -0.15) is 17.6 Å². The molecule has 2 N–H and O–H groups in total. The maximum atomic E-state index is 13.6. The molecule has 4 rings (SSSR count). The van der Waals surface area contributed by atoms with Crippen LogP contribution in [0.15, 0.2) is 36.5 Å². The number of hydrogen-bond donors (Lipinski definition) is 2. The van der Waals surface area contributed by atoms with Crippen molar-refractivity contribution in [3.05, 3.63) is 53.2 Å². The van der Waals surface area contributed by atoms with Crippen molar-refractivity contribution < 1.29 is 26.5 Å². The number of carbonyl (C=O) groups excluding carboxylic acids is 1. The topological polar surface area (TPSA) is 75.1 Å². The predicted molar refractivity (Wildman–Crippen MR) is 106 cm³/mol. The smallest absolute Gasteiger partial charge is 0.382 e. The summed E-state index contributed by atoms with van der Waals surface area (Å²) in [5.41, 5.74) is -2.02. The number of nitrogens with zero attached hydrogens (tertiary/aromatic N) is 4. The lowest BCUT2D eigenvalue weighted by atomic mass is 9.89. The van der Waals surface area contributed by atoms with Gasteiger partial charge in [-0.3, -0.25) is 4.68 Å². The number of alkyl halides is 3. The van der Waals surface area contributed by atoms with E-state index in [0.717, 1.165) is 12.1 Å². The van der Waals surface area contributed by atoms with E-state index in [9.17, 15) is 22.4 Å². The highest BCUT2D eigenvalue weighted by Crippen LogP contribution is 2.35. The Labute approximate surface area is 183 Å². The maximum absolute atomic E-state index is 13.6. The van der Waals surface area contributed by atoms with Gasteiger partial charge in [0.25, 0.3) is 0 Å². The van der Waals surface area contributed by atoms with E-state index >= 15 is 0 Å². The molecule has 1 aliphatic rings. The summed E-state index contributed by atoms with van der Waals surface area (Å²) in [5.74, 6) is -0.787. The minimum absolute atomic E-state index is 0.0609. The van der Waals surface area contributed by atoms with Gasteiger partial charge in [0.1, 0.15) is 11.2 Å². The molecule has 0 radical (unpaired) electrons. The molecular formula is C19H17ClF4N6O. The van der Waals surface area contributed by atoms with E-state index < -0.39 is 36.4 Å². The molecule has 0 aliphatic carbocycles. The summed E-state index contributed by atoms with van der Waals surface area (Å²) in [6.07, 6.45) is -3.37. The average Bonchev–Trinajstić information content (AvgIpc) is 3.11. The largest absolute Gasteiger partial charge is 0.433 e. The van der Waals surface area contributed by atoms with Crippen molar-refractivity contribution in [2.24, 2.45) is 0 Å². The third kappa shape index (κ3) is 3.97. The highest BCUT2D eigenvalue weighted by Gasteiger charge is 2.47. The summed E-state index contributed by atoms with van der Waals surface area (Å²) in [4.78, 5) is 17.0. The quantitative estimate of drug-likeness (QED) is 0.583. The number of likely N-dealkylation sites (tertiary alicyclic amines) is 1. The summed E-state index contributed by atoms with van der Waals surface area (Å²) < 4.78 is 76.6. The number of rotatable bonds is 4. The lowest BCUT2D eigenvalue weighted by Crippen LogP contribution is -2.68. The molecule has 1 aromatic carbocycles. The zero-order chi connectivity index (χ0) is 24.9. The first-order chi connectivity index (χ1) is 15.8. The van der Waals surface area contributed by atoms with E-state index in [1.807, 2.05) is 5.32 Å². The zero-order valence-corrected chi connectivity index (χ0v) is 16.4. The van der Waals surface area contributed by atoms with E-state index in [2.05, 4.69) is 15.4 Å². The molecule has 0 unspecified atom stereocenters. The van der Waals surface area contributed by atoms with Gasteiger partial charge in [0.2, 0.25) is 5.95 Å². The van der Waals surface area contributed by atoms with E-state index in [-0.39, 0.29) is 35.9 Å². The van der Waals surface area contributed by atoms with E-state index in [1.165, 1.54) is 34.0 Å². The first kappa shape index (κ1) is 17.6. The standard InChI is InChI=1S/C19H17ClF4N6O/c1-25-17(31)29-9-18(10-29,30-5-4-16(21)28-30)8-26-14-7-15(19(22,23)24)27-13-3-2-11(20)6-12(13)14/h2-7H,8-10H2,1H3,(H,25,31)(H,26,27)/i1D3. The van der Waals surface area contributed by atoms with Gasteiger partial charge in [-0.1, -0.05) is 11.6 Å². The van der Waals surface area contributed by atoms with Crippen molar-refractivity contribution in [3.63, 3.8) is 0 Å². The third-order valence-electron chi connectivity index (χ3n) is 5.08. The minimum atomic E-state index is -4.70. The Morgan fingerprint density at radius 3 is 2.74 bits per heavy atom. The number of pyridine rings is 1. The van der Waals surface area contributed by atoms with Gasteiger partial charge in [-0.05, 0) is 24.3 Å². The molecule has 2 amide bonds. The molecule has 1 fully saturated rings. The normalized spacial score (nSPS) is 17.5. The van der Waals surface area contributed by atoms with Crippen LogP contribution in [-0.4, -0.2) is 52.3 Å². The molecule has 0 bridgehead atoms. The number of hydrogen-bond acceptors (Lipinski definition) is 4. The first-order valence-corrected chi connectivity index (χ1v) is 9.34. The van der Waals surface area contributed by atoms with Crippen LogP contribution >= 0.6 is 11.6 Å². The molecule has 2 aromatic heterocycles. The van der Waals surface area contributed by atoms with Gasteiger partial charge in [0.05, 0.1) is 18.6 Å². The molecule has 1 saturated heterocycles.